The first-order valence-electron chi connectivity index (χ1n) is 8.13. The topological polar surface area (TPSA) is 39.4 Å². The fourth-order valence-electron chi connectivity index (χ4n) is 2.79. The van der Waals surface area contributed by atoms with Gasteiger partial charge >= 0.3 is 5.97 Å². The molecule has 1 aromatic heterocycles. The number of benzene rings is 2. The van der Waals surface area contributed by atoms with Crippen molar-refractivity contribution < 1.29 is 13.9 Å². The van der Waals surface area contributed by atoms with Crippen LogP contribution < -0.4 is 0 Å². The lowest BCUT2D eigenvalue weighted by Crippen LogP contribution is -2.08. The summed E-state index contributed by atoms with van der Waals surface area (Å²) in [6, 6.07) is 10.2. The van der Waals surface area contributed by atoms with Crippen molar-refractivity contribution in [2.24, 2.45) is 0 Å². The minimum Gasteiger partial charge on any atom is -0.464 e. The maximum atomic E-state index is 12.2. The van der Waals surface area contributed by atoms with E-state index in [0.29, 0.717) is 6.61 Å². The Morgan fingerprint density at radius 1 is 0.958 bits per heavy atom. The SMILES string of the molecule is Cc1ccc(C)c(COC(=O)Cc2coc3cc(C)c(C)cc23)c1. The van der Waals surface area contributed by atoms with E-state index in [2.05, 4.69) is 32.0 Å². The molecule has 0 aliphatic rings. The van der Waals surface area contributed by atoms with Gasteiger partial charge in [0.05, 0.1) is 12.7 Å². The maximum Gasteiger partial charge on any atom is 0.310 e. The number of furan rings is 1. The average Bonchev–Trinajstić information content (AvgIpc) is 2.91. The highest BCUT2D eigenvalue weighted by Crippen LogP contribution is 2.25. The largest absolute Gasteiger partial charge is 0.464 e. The number of carbonyl (C=O) groups is 1. The third-order valence-electron chi connectivity index (χ3n) is 4.50. The van der Waals surface area contributed by atoms with Gasteiger partial charge < -0.3 is 9.15 Å². The van der Waals surface area contributed by atoms with Crippen molar-refractivity contribution in [1.29, 1.82) is 0 Å². The summed E-state index contributed by atoms with van der Waals surface area (Å²) in [5.74, 6) is -0.239. The molecule has 0 amide bonds. The van der Waals surface area contributed by atoms with Gasteiger partial charge in [-0.2, -0.15) is 0 Å². The Hall–Kier alpha value is -2.55. The summed E-state index contributed by atoms with van der Waals surface area (Å²) in [5.41, 5.74) is 7.41. The Morgan fingerprint density at radius 3 is 2.50 bits per heavy atom. The molecule has 2 aromatic carbocycles. The molecule has 0 radical (unpaired) electrons. The van der Waals surface area contributed by atoms with Gasteiger partial charge in [0.15, 0.2) is 0 Å². The van der Waals surface area contributed by atoms with Crippen molar-refractivity contribution in [3.05, 3.63) is 70.0 Å². The summed E-state index contributed by atoms with van der Waals surface area (Å²) >= 11 is 0. The third-order valence-corrected chi connectivity index (χ3v) is 4.50. The Balaban J connectivity index is 1.71. The molecule has 3 nitrogen and oxygen atoms in total. The monoisotopic (exact) mass is 322 g/mol. The zero-order chi connectivity index (χ0) is 17.3. The number of aryl methyl sites for hydroxylation is 4. The van der Waals surface area contributed by atoms with Crippen LogP contribution in [0.2, 0.25) is 0 Å². The summed E-state index contributed by atoms with van der Waals surface area (Å²) in [6.07, 6.45) is 1.88. The molecule has 0 aliphatic carbocycles. The molecule has 124 valence electrons. The second-order valence-corrected chi connectivity index (χ2v) is 6.46. The van der Waals surface area contributed by atoms with Gasteiger partial charge in [-0.15, -0.1) is 0 Å². The molecule has 0 saturated heterocycles. The number of carbonyl (C=O) groups excluding carboxylic acids is 1. The Kier molecular flexibility index (Phi) is 4.43. The predicted octanol–water partition coefficient (Wildman–Crippen LogP) is 4.95. The number of ether oxygens (including phenoxy) is 1. The molecule has 3 heteroatoms. The van der Waals surface area contributed by atoms with Crippen LogP contribution in [-0.2, 0) is 22.6 Å². The molecular formula is C21H22O3. The molecule has 0 atom stereocenters. The fourth-order valence-corrected chi connectivity index (χ4v) is 2.79. The molecule has 0 unspecified atom stereocenters. The molecule has 0 bridgehead atoms. The van der Waals surface area contributed by atoms with Crippen LogP contribution in [0, 0.1) is 27.7 Å². The summed E-state index contributed by atoms with van der Waals surface area (Å²) in [4.78, 5) is 12.2. The summed E-state index contributed by atoms with van der Waals surface area (Å²) in [5, 5.41) is 0.988. The van der Waals surface area contributed by atoms with Crippen LogP contribution in [0.5, 0.6) is 0 Å². The van der Waals surface area contributed by atoms with Crippen molar-refractivity contribution in [3.63, 3.8) is 0 Å². The van der Waals surface area contributed by atoms with Crippen LogP contribution in [0.15, 0.2) is 41.0 Å². The minimum atomic E-state index is -0.239. The molecule has 3 rings (SSSR count). The van der Waals surface area contributed by atoms with E-state index in [0.717, 1.165) is 27.7 Å². The van der Waals surface area contributed by atoms with Gasteiger partial charge in [-0.3, -0.25) is 4.79 Å². The van der Waals surface area contributed by atoms with Crippen molar-refractivity contribution in [1.82, 2.24) is 0 Å². The zero-order valence-corrected chi connectivity index (χ0v) is 14.6. The zero-order valence-electron chi connectivity index (χ0n) is 14.6. The van der Waals surface area contributed by atoms with Gasteiger partial charge in [-0.1, -0.05) is 23.8 Å². The Morgan fingerprint density at radius 2 is 1.71 bits per heavy atom. The highest BCUT2D eigenvalue weighted by atomic mass is 16.5. The first-order valence-corrected chi connectivity index (χ1v) is 8.13. The maximum absolute atomic E-state index is 12.2. The average molecular weight is 322 g/mol. The van der Waals surface area contributed by atoms with E-state index >= 15 is 0 Å². The second-order valence-electron chi connectivity index (χ2n) is 6.46. The van der Waals surface area contributed by atoms with E-state index in [4.69, 9.17) is 9.15 Å². The quantitative estimate of drug-likeness (QED) is 0.638. The van der Waals surface area contributed by atoms with Crippen LogP contribution in [0.4, 0.5) is 0 Å². The van der Waals surface area contributed by atoms with Crippen LogP contribution in [0.25, 0.3) is 11.0 Å². The normalized spacial score (nSPS) is 11.0. The number of fused-ring (bicyclic) bond motifs is 1. The highest BCUT2D eigenvalue weighted by Gasteiger charge is 2.13. The summed E-state index contributed by atoms with van der Waals surface area (Å²) in [6.45, 7) is 8.48. The van der Waals surface area contributed by atoms with E-state index in [9.17, 15) is 4.79 Å². The highest BCUT2D eigenvalue weighted by molar-refractivity contribution is 5.86. The smallest absolute Gasteiger partial charge is 0.310 e. The Labute approximate surface area is 142 Å². The second kappa shape index (κ2) is 6.52. The molecule has 0 N–H and O–H groups in total. The molecular weight excluding hydrogens is 300 g/mol. The first-order chi connectivity index (χ1) is 11.4. The standard InChI is InChI=1S/C21H22O3/c1-13-5-6-14(2)17(7-13)11-24-21(22)10-18-12-23-20-9-16(4)15(3)8-19(18)20/h5-9,12H,10-11H2,1-4H3. The van der Waals surface area contributed by atoms with Gasteiger partial charge in [-0.05, 0) is 62.1 Å². The van der Waals surface area contributed by atoms with E-state index in [1.165, 1.54) is 16.7 Å². The molecule has 0 spiro atoms. The van der Waals surface area contributed by atoms with Gasteiger partial charge in [0.2, 0.25) is 0 Å². The minimum absolute atomic E-state index is 0.223. The molecule has 0 fully saturated rings. The number of esters is 1. The number of rotatable bonds is 4. The van der Waals surface area contributed by atoms with Crippen molar-refractivity contribution in [2.45, 2.75) is 40.7 Å². The molecule has 0 aliphatic heterocycles. The van der Waals surface area contributed by atoms with Crippen molar-refractivity contribution in [2.75, 3.05) is 0 Å². The van der Waals surface area contributed by atoms with Crippen LogP contribution in [0.3, 0.4) is 0 Å². The fraction of sp³-hybridized carbons (Fsp3) is 0.286. The van der Waals surface area contributed by atoms with Crippen LogP contribution >= 0.6 is 0 Å². The lowest BCUT2D eigenvalue weighted by atomic mass is 10.0. The summed E-state index contributed by atoms with van der Waals surface area (Å²) in [7, 11) is 0. The summed E-state index contributed by atoms with van der Waals surface area (Å²) < 4.78 is 11.0. The first kappa shape index (κ1) is 16.3. The van der Waals surface area contributed by atoms with Crippen molar-refractivity contribution >= 4 is 16.9 Å². The van der Waals surface area contributed by atoms with Gasteiger partial charge in [0, 0.05) is 10.9 Å². The lowest BCUT2D eigenvalue weighted by Gasteiger charge is -2.08. The van der Waals surface area contributed by atoms with Gasteiger partial charge in [0.1, 0.15) is 12.2 Å². The van der Waals surface area contributed by atoms with Crippen LogP contribution in [-0.4, -0.2) is 5.97 Å². The van der Waals surface area contributed by atoms with E-state index in [-0.39, 0.29) is 12.4 Å². The predicted molar refractivity (Wildman–Crippen MR) is 95.1 cm³/mol. The third kappa shape index (κ3) is 3.35. The molecule has 0 saturated carbocycles. The van der Waals surface area contributed by atoms with E-state index < -0.39 is 0 Å². The molecule has 1 heterocycles. The van der Waals surface area contributed by atoms with E-state index in [1.54, 1.807) is 6.26 Å². The van der Waals surface area contributed by atoms with E-state index in [1.807, 2.05) is 26.0 Å². The van der Waals surface area contributed by atoms with Crippen LogP contribution in [0.1, 0.15) is 33.4 Å². The number of hydrogen-bond acceptors (Lipinski definition) is 3. The van der Waals surface area contributed by atoms with Gasteiger partial charge in [0.25, 0.3) is 0 Å². The molecule has 3 aromatic rings. The number of hydrogen-bond donors (Lipinski definition) is 0. The molecule has 24 heavy (non-hydrogen) atoms. The lowest BCUT2D eigenvalue weighted by molar-refractivity contribution is -0.144. The Bertz CT molecular complexity index is 903. The van der Waals surface area contributed by atoms with Crippen molar-refractivity contribution in [3.8, 4) is 0 Å². The van der Waals surface area contributed by atoms with Gasteiger partial charge in [-0.25, -0.2) is 0 Å².